The highest BCUT2D eigenvalue weighted by Gasteiger charge is 2.26. The number of pyridine rings is 1. The lowest BCUT2D eigenvalue weighted by Gasteiger charge is -2.27. The maximum Gasteiger partial charge on any atom is 0.322 e. The zero-order chi connectivity index (χ0) is 17.6. The number of rotatable bonds is 5. The molecule has 25 heavy (non-hydrogen) atoms. The molecule has 0 unspecified atom stereocenters. The van der Waals surface area contributed by atoms with Gasteiger partial charge in [-0.25, -0.2) is 4.79 Å². The van der Waals surface area contributed by atoms with Crippen molar-refractivity contribution < 1.29 is 9.53 Å². The number of ether oxygens (including phenoxy) is 1. The first-order chi connectivity index (χ1) is 12.1. The minimum Gasteiger partial charge on any atom is -0.487 e. The Hall–Kier alpha value is -2.82. The first-order valence-corrected chi connectivity index (χ1v) is 8.50. The number of hydrogen-bond acceptors (Lipinski definition) is 3. The first kappa shape index (κ1) is 17.0. The molecule has 0 fully saturated rings. The number of carbonyl (C=O) groups is 1. The molecule has 1 aromatic carbocycles. The smallest absolute Gasteiger partial charge is 0.322 e. The highest BCUT2D eigenvalue weighted by molar-refractivity contribution is 5.90. The topological polar surface area (TPSA) is 54.5 Å². The van der Waals surface area contributed by atoms with Crippen molar-refractivity contribution >= 4 is 11.7 Å². The van der Waals surface area contributed by atoms with Gasteiger partial charge in [0.05, 0.1) is 11.7 Å². The van der Waals surface area contributed by atoms with Crippen LogP contribution in [0.2, 0.25) is 0 Å². The average molecular weight is 337 g/mol. The molecule has 5 nitrogen and oxygen atoms in total. The molecule has 2 heterocycles. The van der Waals surface area contributed by atoms with E-state index in [1.807, 2.05) is 53.4 Å². The molecular formula is C20H23N3O2. The van der Waals surface area contributed by atoms with Gasteiger partial charge in [0.15, 0.2) is 0 Å². The second-order valence-corrected chi connectivity index (χ2v) is 6.38. The minimum absolute atomic E-state index is 0.0779. The van der Waals surface area contributed by atoms with E-state index >= 15 is 0 Å². The molecule has 1 aliphatic rings. The third-order valence-electron chi connectivity index (χ3n) is 4.16. The fourth-order valence-corrected chi connectivity index (χ4v) is 2.81. The maximum absolute atomic E-state index is 12.5. The summed E-state index contributed by atoms with van der Waals surface area (Å²) in [5, 5.41) is 2.95. The molecule has 130 valence electrons. The van der Waals surface area contributed by atoms with E-state index in [-0.39, 0.29) is 12.1 Å². The first-order valence-electron chi connectivity index (χ1n) is 8.50. The summed E-state index contributed by atoms with van der Waals surface area (Å²) < 4.78 is 5.70. The molecule has 1 atom stereocenters. The number of aromatic nitrogens is 1. The van der Waals surface area contributed by atoms with Crippen LogP contribution in [-0.4, -0.2) is 28.5 Å². The molecule has 5 heteroatoms. The van der Waals surface area contributed by atoms with Crippen molar-refractivity contribution in [1.82, 2.24) is 9.88 Å². The summed E-state index contributed by atoms with van der Waals surface area (Å²) in [6.07, 6.45) is 5.88. The van der Waals surface area contributed by atoms with Crippen LogP contribution in [0, 0.1) is 5.92 Å². The molecule has 0 saturated heterocycles. The Labute approximate surface area is 148 Å². The van der Waals surface area contributed by atoms with Gasteiger partial charge in [0, 0.05) is 18.4 Å². The third kappa shape index (κ3) is 4.38. The van der Waals surface area contributed by atoms with Gasteiger partial charge < -0.3 is 15.0 Å². The molecule has 0 bridgehead atoms. The summed E-state index contributed by atoms with van der Waals surface area (Å²) in [6, 6.07) is 13.2. The Morgan fingerprint density at radius 2 is 2.08 bits per heavy atom. The normalized spacial score (nSPS) is 16.3. The molecular weight excluding hydrogens is 314 g/mol. The maximum atomic E-state index is 12.5. The summed E-state index contributed by atoms with van der Waals surface area (Å²) in [4.78, 5) is 18.5. The number of nitrogens with zero attached hydrogens (tertiary/aromatic N) is 2. The van der Waals surface area contributed by atoms with E-state index in [2.05, 4.69) is 30.2 Å². The number of nitrogens with one attached hydrogen (secondary N) is 1. The van der Waals surface area contributed by atoms with E-state index in [0.717, 1.165) is 17.1 Å². The highest BCUT2D eigenvalue weighted by atomic mass is 16.5. The van der Waals surface area contributed by atoms with Gasteiger partial charge in [0.25, 0.3) is 0 Å². The van der Waals surface area contributed by atoms with Crippen molar-refractivity contribution in [1.29, 1.82) is 0 Å². The summed E-state index contributed by atoms with van der Waals surface area (Å²) in [7, 11) is 0. The largest absolute Gasteiger partial charge is 0.487 e. The fraction of sp³-hybridized carbons (Fsp3) is 0.300. The third-order valence-corrected chi connectivity index (χ3v) is 4.16. The lowest BCUT2D eigenvalue weighted by atomic mass is 10.1. The molecule has 2 aromatic rings. The minimum atomic E-state index is -0.0779. The van der Waals surface area contributed by atoms with E-state index in [0.29, 0.717) is 19.1 Å². The lowest BCUT2D eigenvalue weighted by molar-refractivity contribution is 0.199. The van der Waals surface area contributed by atoms with Crippen LogP contribution < -0.4 is 10.1 Å². The van der Waals surface area contributed by atoms with E-state index < -0.39 is 0 Å². The average Bonchev–Trinajstić information content (AvgIpc) is 3.12. The zero-order valence-electron chi connectivity index (χ0n) is 14.6. The van der Waals surface area contributed by atoms with E-state index in [1.54, 1.807) is 6.20 Å². The molecule has 1 aromatic heterocycles. The van der Waals surface area contributed by atoms with Gasteiger partial charge in [0.2, 0.25) is 0 Å². The quantitative estimate of drug-likeness (QED) is 0.836. The number of urea groups is 1. The van der Waals surface area contributed by atoms with Crippen molar-refractivity contribution in [2.24, 2.45) is 5.92 Å². The molecule has 1 N–H and O–H groups in total. The van der Waals surface area contributed by atoms with Crippen molar-refractivity contribution in [3.05, 3.63) is 66.5 Å². The Bertz CT molecular complexity index is 726. The van der Waals surface area contributed by atoms with Crippen molar-refractivity contribution in [3.63, 3.8) is 0 Å². The van der Waals surface area contributed by atoms with Crippen LogP contribution in [-0.2, 0) is 6.61 Å². The van der Waals surface area contributed by atoms with Crippen LogP contribution in [0.4, 0.5) is 10.5 Å². The van der Waals surface area contributed by atoms with Gasteiger partial charge in [-0.15, -0.1) is 0 Å². The molecule has 0 radical (unpaired) electrons. The summed E-state index contributed by atoms with van der Waals surface area (Å²) >= 11 is 0. The van der Waals surface area contributed by atoms with Gasteiger partial charge in [-0.3, -0.25) is 4.98 Å². The van der Waals surface area contributed by atoms with Crippen LogP contribution in [0.1, 0.15) is 19.5 Å². The SMILES string of the molecule is CC(C)[C@H]1C=CCN1C(=O)Nc1ccc(OCc2ccccn2)cc1. The van der Waals surface area contributed by atoms with Gasteiger partial charge in [-0.2, -0.15) is 0 Å². The monoisotopic (exact) mass is 337 g/mol. The van der Waals surface area contributed by atoms with Crippen molar-refractivity contribution in [2.45, 2.75) is 26.5 Å². The highest BCUT2D eigenvalue weighted by Crippen LogP contribution is 2.21. The standard InChI is InChI=1S/C20H23N3O2/c1-15(2)19-7-5-13-23(19)20(24)22-16-8-10-18(11-9-16)25-14-17-6-3-4-12-21-17/h3-12,15,19H,13-14H2,1-2H3,(H,22,24)/t19-/m1/s1. The lowest BCUT2D eigenvalue weighted by Crippen LogP contribution is -2.41. The van der Waals surface area contributed by atoms with E-state index in [1.165, 1.54) is 0 Å². The molecule has 0 saturated carbocycles. The molecule has 0 aliphatic carbocycles. The number of hydrogen-bond donors (Lipinski definition) is 1. The van der Waals surface area contributed by atoms with Crippen LogP contribution in [0.25, 0.3) is 0 Å². The number of benzene rings is 1. The van der Waals surface area contributed by atoms with Gasteiger partial charge in [-0.05, 0) is 42.3 Å². The second kappa shape index (κ2) is 7.83. The fourth-order valence-electron chi connectivity index (χ4n) is 2.81. The Morgan fingerprint density at radius 3 is 2.76 bits per heavy atom. The Kier molecular flexibility index (Phi) is 5.33. The van der Waals surface area contributed by atoms with Gasteiger partial charge >= 0.3 is 6.03 Å². The summed E-state index contributed by atoms with van der Waals surface area (Å²) in [5.41, 5.74) is 1.63. The van der Waals surface area contributed by atoms with Gasteiger partial charge in [0.1, 0.15) is 12.4 Å². The zero-order valence-corrected chi connectivity index (χ0v) is 14.6. The van der Waals surface area contributed by atoms with Crippen LogP contribution >= 0.6 is 0 Å². The predicted molar refractivity (Wildman–Crippen MR) is 98.5 cm³/mol. The number of amides is 2. The van der Waals surface area contributed by atoms with Gasteiger partial charge in [-0.1, -0.05) is 32.1 Å². The predicted octanol–water partition coefficient (Wildman–Crippen LogP) is 4.09. The van der Waals surface area contributed by atoms with Crippen LogP contribution in [0.15, 0.2) is 60.8 Å². The van der Waals surface area contributed by atoms with Crippen molar-refractivity contribution in [3.8, 4) is 5.75 Å². The van der Waals surface area contributed by atoms with E-state index in [4.69, 9.17) is 4.74 Å². The Balaban J connectivity index is 1.54. The molecule has 0 spiro atoms. The van der Waals surface area contributed by atoms with Crippen molar-refractivity contribution in [2.75, 3.05) is 11.9 Å². The molecule has 2 amide bonds. The number of anilines is 1. The van der Waals surface area contributed by atoms with E-state index in [9.17, 15) is 4.79 Å². The second-order valence-electron chi connectivity index (χ2n) is 6.38. The molecule has 3 rings (SSSR count). The number of carbonyl (C=O) groups excluding carboxylic acids is 1. The van der Waals surface area contributed by atoms with Crippen LogP contribution in [0.5, 0.6) is 5.75 Å². The van der Waals surface area contributed by atoms with Crippen LogP contribution in [0.3, 0.4) is 0 Å². The summed E-state index contributed by atoms with van der Waals surface area (Å²) in [5.74, 6) is 1.14. The summed E-state index contributed by atoms with van der Waals surface area (Å²) in [6.45, 7) is 5.31. The molecule has 1 aliphatic heterocycles. The Morgan fingerprint density at radius 1 is 1.28 bits per heavy atom.